The molecule has 0 aliphatic heterocycles. The second kappa shape index (κ2) is 9.41. The van der Waals surface area contributed by atoms with E-state index in [-0.39, 0.29) is 23.1 Å². The lowest BCUT2D eigenvalue weighted by Crippen LogP contribution is -2.31. The van der Waals surface area contributed by atoms with Gasteiger partial charge in [0, 0.05) is 12.7 Å². The van der Waals surface area contributed by atoms with Gasteiger partial charge in [-0.3, -0.25) is 4.18 Å². The van der Waals surface area contributed by atoms with E-state index in [2.05, 4.69) is 0 Å². The van der Waals surface area contributed by atoms with Crippen LogP contribution >= 0.6 is 11.6 Å². The molecule has 2 atom stereocenters. The fraction of sp³-hybridized carbons (Fsp3) is 0.571. The maximum atomic E-state index is 11.4. The molecule has 7 nitrogen and oxygen atoms in total. The Bertz CT molecular complexity index is 575. The van der Waals surface area contributed by atoms with Crippen molar-refractivity contribution in [2.75, 3.05) is 13.9 Å². The molecule has 0 saturated carbocycles. The largest absolute Gasteiger partial charge is 0.508 e. The molecule has 23 heavy (non-hydrogen) atoms. The van der Waals surface area contributed by atoms with E-state index in [1.54, 1.807) is 12.1 Å². The van der Waals surface area contributed by atoms with Crippen LogP contribution in [0.3, 0.4) is 0 Å². The lowest BCUT2D eigenvalue weighted by Gasteiger charge is -2.27. The van der Waals surface area contributed by atoms with Crippen LogP contribution in [-0.4, -0.2) is 33.5 Å². The number of methoxy groups -OCH3 is 1. The number of rotatable bonds is 10. The minimum atomic E-state index is -4.20. The lowest BCUT2D eigenvalue weighted by atomic mass is 9.99. The van der Waals surface area contributed by atoms with Crippen LogP contribution in [0.4, 0.5) is 0 Å². The highest BCUT2D eigenvalue weighted by Gasteiger charge is 2.31. The van der Waals surface area contributed by atoms with Gasteiger partial charge in [0.05, 0.1) is 5.02 Å². The van der Waals surface area contributed by atoms with Gasteiger partial charge in [-0.25, -0.2) is 5.14 Å². The van der Waals surface area contributed by atoms with Gasteiger partial charge in [0.2, 0.25) is 0 Å². The van der Waals surface area contributed by atoms with Crippen molar-refractivity contribution in [2.24, 2.45) is 5.14 Å². The van der Waals surface area contributed by atoms with E-state index in [4.69, 9.17) is 30.4 Å². The molecule has 0 heterocycles. The molecular formula is C14H22ClNO6S. The first-order chi connectivity index (χ1) is 10.8. The summed E-state index contributed by atoms with van der Waals surface area (Å²) in [6, 6.07) is 4.56. The highest BCUT2D eigenvalue weighted by molar-refractivity contribution is 7.84. The molecule has 1 aromatic carbocycles. The highest BCUT2D eigenvalue weighted by Crippen LogP contribution is 2.38. The Kier molecular flexibility index (Phi) is 8.24. The van der Waals surface area contributed by atoms with Gasteiger partial charge in [0.25, 0.3) is 0 Å². The number of unbranched alkanes of at least 4 members (excludes halogenated alkanes) is 1. The second-order valence-electron chi connectivity index (χ2n) is 4.94. The van der Waals surface area contributed by atoms with E-state index in [1.807, 2.05) is 6.92 Å². The Labute approximate surface area is 141 Å². The Hall–Kier alpha value is -0.900. The Morgan fingerprint density at radius 2 is 2.09 bits per heavy atom. The summed E-state index contributed by atoms with van der Waals surface area (Å²) in [5.74, 6) is -0.127. The molecule has 0 aliphatic rings. The molecule has 9 heteroatoms. The lowest BCUT2D eigenvalue weighted by molar-refractivity contribution is -0.110. The predicted molar refractivity (Wildman–Crippen MR) is 86.3 cm³/mol. The van der Waals surface area contributed by atoms with Crippen molar-refractivity contribution in [3.63, 3.8) is 0 Å². The number of aromatic hydroxyl groups is 1. The van der Waals surface area contributed by atoms with Crippen molar-refractivity contribution in [2.45, 2.75) is 38.4 Å². The maximum absolute atomic E-state index is 11.4. The monoisotopic (exact) mass is 367 g/mol. The zero-order chi connectivity index (χ0) is 17.5. The van der Waals surface area contributed by atoms with E-state index in [1.165, 1.54) is 13.2 Å². The molecule has 0 aliphatic carbocycles. The zero-order valence-electron chi connectivity index (χ0n) is 13.1. The SMILES string of the molecule is CCCCC(OS(N)(=O)=O)C(OCOC)c1c(O)cccc1Cl. The molecular weight excluding hydrogens is 346 g/mol. The molecule has 0 radical (unpaired) electrons. The molecule has 1 aromatic rings. The fourth-order valence-electron chi connectivity index (χ4n) is 2.15. The van der Waals surface area contributed by atoms with Crippen LogP contribution in [-0.2, 0) is 24.0 Å². The van der Waals surface area contributed by atoms with E-state index in [0.29, 0.717) is 12.8 Å². The van der Waals surface area contributed by atoms with Crippen molar-refractivity contribution in [1.82, 2.24) is 0 Å². The van der Waals surface area contributed by atoms with Gasteiger partial charge >= 0.3 is 10.3 Å². The third-order valence-electron chi connectivity index (χ3n) is 3.12. The standard InChI is InChI=1S/C14H22ClNO6S/c1-3-4-8-12(22-23(16,18)19)14(21-9-20-2)13-10(15)6-5-7-11(13)17/h5-7,12,14,17H,3-4,8-9H2,1-2H3,(H2,16,18,19). The van der Waals surface area contributed by atoms with Crippen LogP contribution in [0.1, 0.15) is 37.9 Å². The van der Waals surface area contributed by atoms with Gasteiger partial charge in [-0.15, -0.1) is 0 Å². The molecule has 0 aromatic heterocycles. The Morgan fingerprint density at radius 1 is 1.39 bits per heavy atom. The first-order valence-corrected chi connectivity index (χ1v) is 8.94. The number of hydrogen-bond donors (Lipinski definition) is 2. The van der Waals surface area contributed by atoms with E-state index >= 15 is 0 Å². The number of halogens is 1. The molecule has 132 valence electrons. The number of ether oxygens (including phenoxy) is 2. The summed E-state index contributed by atoms with van der Waals surface area (Å²) in [5, 5.41) is 15.3. The van der Waals surface area contributed by atoms with Crippen molar-refractivity contribution in [1.29, 1.82) is 0 Å². The third-order valence-corrected chi connectivity index (χ3v) is 3.96. The number of nitrogens with two attached hydrogens (primary N) is 1. The van der Waals surface area contributed by atoms with Crippen LogP contribution in [0, 0.1) is 0 Å². The van der Waals surface area contributed by atoms with E-state index in [9.17, 15) is 13.5 Å². The van der Waals surface area contributed by atoms with Gasteiger partial charge in [-0.2, -0.15) is 8.42 Å². The van der Waals surface area contributed by atoms with Gasteiger partial charge < -0.3 is 14.6 Å². The smallest absolute Gasteiger partial charge is 0.333 e. The van der Waals surface area contributed by atoms with Crippen LogP contribution < -0.4 is 5.14 Å². The first kappa shape index (κ1) is 20.1. The highest BCUT2D eigenvalue weighted by atomic mass is 35.5. The summed E-state index contributed by atoms with van der Waals surface area (Å²) in [4.78, 5) is 0. The van der Waals surface area contributed by atoms with Gasteiger partial charge in [-0.05, 0) is 18.6 Å². The molecule has 0 fully saturated rings. The van der Waals surface area contributed by atoms with Crippen LogP contribution in [0.15, 0.2) is 18.2 Å². The van der Waals surface area contributed by atoms with Gasteiger partial charge in [-0.1, -0.05) is 37.4 Å². The average Bonchev–Trinajstić information content (AvgIpc) is 2.45. The summed E-state index contributed by atoms with van der Waals surface area (Å²) in [5.41, 5.74) is 0.232. The molecule has 0 spiro atoms. The number of hydrogen-bond acceptors (Lipinski definition) is 6. The van der Waals surface area contributed by atoms with Crippen molar-refractivity contribution < 1.29 is 27.2 Å². The zero-order valence-corrected chi connectivity index (χ0v) is 14.6. The third kappa shape index (κ3) is 6.62. The predicted octanol–water partition coefficient (Wildman–Crippen LogP) is 2.49. The topological polar surface area (TPSA) is 108 Å². The first-order valence-electron chi connectivity index (χ1n) is 7.09. The summed E-state index contributed by atoms with van der Waals surface area (Å²) in [6.07, 6.45) is -0.0420. The molecule has 0 amide bonds. The van der Waals surface area contributed by atoms with Crippen molar-refractivity contribution >= 4 is 21.9 Å². The number of phenols is 1. The second-order valence-corrected chi connectivity index (χ2v) is 6.52. The van der Waals surface area contributed by atoms with E-state index in [0.717, 1.165) is 6.42 Å². The van der Waals surface area contributed by atoms with Crippen LogP contribution in [0.5, 0.6) is 5.75 Å². The minimum absolute atomic E-state index is 0.127. The Balaban J connectivity index is 3.22. The molecule has 0 bridgehead atoms. The number of benzene rings is 1. The van der Waals surface area contributed by atoms with Gasteiger partial charge in [0.15, 0.2) is 0 Å². The van der Waals surface area contributed by atoms with E-state index < -0.39 is 22.5 Å². The molecule has 0 saturated heterocycles. The van der Waals surface area contributed by atoms with Crippen LogP contribution in [0.2, 0.25) is 5.02 Å². The summed E-state index contributed by atoms with van der Waals surface area (Å²) < 4.78 is 38.1. The number of phenolic OH excluding ortho intramolecular Hbond substituents is 1. The average molecular weight is 368 g/mol. The van der Waals surface area contributed by atoms with Gasteiger partial charge in [0.1, 0.15) is 24.8 Å². The molecule has 3 N–H and O–H groups in total. The summed E-state index contributed by atoms with van der Waals surface area (Å²) in [6.45, 7) is 1.82. The fourth-order valence-corrected chi connectivity index (χ4v) is 2.97. The molecule has 2 unspecified atom stereocenters. The Morgan fingerprint density at radius 3 is 2.61 bits per heavy atom. The quantitative estimate of drug-likeness (QED) is 0.615. The summed E-state index contributed by atoms with van der Waals surface area (Å²) >= 11 is 6.14. The minimum Gasteiger partial charge on any atom is -0.508 e. The normalized spacial score (nSPS) is 14.6. The summed E-state index contributed by atoms with van der Waals surface area (Å²) in [7, 11) is -2.78. The maximum Gasteiger partial charge on any atom is 0.333 e. The van der Waals surface area contributed by atoms with Crippen molar-refractivity contribution in [3.05, 3.63) is 28.8 Å². The van der Waals surface area contributed by atoms with Crippen molar-refractivity contribution in [3.8, 4) is 5.75 Å². The van der Waals surface area contributed by atoms with Crippen LogP contribution in [0.25, 0.3) is 0 Å². The molecule has 1 rings (SSSR count).